The molecule has 1 aromatic carbocycles. The smallest absolute Gasteiger partial charge is 0.337 e. The van der Waals surface area contributed by atoms with Crippen LogP contribution in [-0.2, 0) is 15.6 Å². The summed E-state index contributed by atoms with van der Waals surface area (Å²) in [6.45, 7) is 2.93. The van der Waals surface area contributed by atoms with Crippen LogP contribution in [0.4, 0.5) is 8.78 Å². The molecule has 2 unspecified atom stereocenters. The molecular formula is C15H21ClF2N2O3S. The molecule has 1 aliphatic rings. The Hall–Kier alpha value is -1.25. The van der Waals surface area contributed by atoms with Crippen molar-refractivity contribution in [1.82, 2.24) is 10.6 Å². The Morgan fingerprint density at radius 2 is 1.96 bits per heavy atom. The maximum atomic E-state index is 12.3. The van der Waals surface area contributed by atoms with E-state index in [1.165, 1.54) is 24.3 Å². The first-order valence-corrected chi connectivity index (χ1v) is 9.14. The molecule has 0 radical (unpaired) electrons. The van der Waals surface area contributed by atoms with Gasteiger partial charge in [-0.15, -0.1) is 12.4 Å². The molecule has 1 amide bonds. The minimum atomic E-state index is -4.46. The molecule has 0 saturated carbocycles. The number of amides is 1. The largest absolute Gasteiger partial charge is 0.348 e. The van der Waals surface area contributed by atoms with E-state index >= 15 is 0 Å². The van der Waals surface area contributed by atoms with Gasteiger partial charge < -0.3 is 10.6 Å². The number of sulfone groups is 1. The molecule has 0 spiro atoms. The van der Waals surface area contributed by atoms with Crippen molar-refractivity contribution in [2.45, 2.75) is 43.4 Å². The zero-order chi connectivity index (χ0) is 17.0. The first-order valence-electron chi connectivity index (χ1n) is 7.42. The van der Waals surface area contributed by atoms with E-state index in [0.29, 0.717) is 5.56 Å². The maximum Gasteiger partial charge on any atom is 0.337 e. The Morgan fingerprint density at radius 3 is 2.50 bits per heavy atom. The van der Waals surface area contributed by atoms with E-state index in [1.807, 2.05) is 6.92 Å². The second-order valence-electron chi connectivity index (χ2n) is 5.73. The van der Waals surface area contributed by atoms with Gasteiger partial charge in [-0.2, -0.15) is 8.78 Å². The van der Waals surface area contributed by atoms with Gasteiger partial charge in [-0.05, 0) is 44.0 Å². The van der Waals surface area contributed by atoms with Crippen molar-refractivity contribution >= 4 is 28.2 Å². The fraction of sp³-hybridized carbons (Fsp3) is 0.533. The Labute approximate surface area is 146 Å². The van der Waals surface area contributed by atoms with E-state index < -0.39 is 21.3 Å². The van der Waals surface area contributed by atoms with Crippen molar-refractivity contribution < 1.29 is 22.0 Å². The van der Waals surface area contributed by atoms with Crippen LogP contribution >= 0.6 is 12.4 Å². The summed E-state index contributed by atoms with van der Waals surface area (Å²) >= 11 is 0. The second-order valence-corrected chi connectivity index (χ2v) is 7.70. The third-order valence-corrected chi connectivity index (χ3v) is 5.21. The zero-order valence-corrected chi connectivity index (χ0v) is 14.8. The van der Waals surface area contributed by atoms with E-state index in [4.69, 9.17) is 0 Å². The summed E-state index contributed by atoms with van der Waals surface area (Å²) in [7, 11) is -4.46. The molecule has 1 aliphatic heterocycles. The zero-order valence-electron chi connectivity index (χ0n) is 13.2. The van der Waals surface area contributed by atoms with Crippen LogP contribution in [0.5, 0.6) is 0 Å². The van der Waals surface area contributed by atoms with Gasteiger partial charge in [0.15, 0.2) is 0 Å². The summed E-state index contributed by atoms with van der Waals surface area (Å²) in [5.41, 5.74) is 0.607. The van der Waals surface area contributed by atoms with Crippen LogP contribution in [0.1, 0.15) is 35.7 Å². The average molecular weight is 383 g/mol. The molecule has 1 aromatic rings. The van der Waals surface area contributed by atoms with Gasteiger partial charge in [-0.25, -0.2) is 8.42 Å². The van der Waals surface area contributed by atoms with E-state index in [9.17, 15) is 22.0 Å². The van der Waals surface area contributed by atoms with Crippen LogP contribution in [0.25, 0.3) is 0 Å². The molecule has 9 heteroatoms. The van der Waals surface area contributed by atoms with Gasteiger partial charge in [0, 0.05) is 17.6 Å². The first-order chi connectivity index (χ1) is 10.8. The number of carbonyl (C=O) groups is 1. The van der Waals surface area contributed by atoms with Crippen molar-refractivity contribution in [3.05, 3.63) is 35.4 Å². The van der Waals surface area contributed by atoms with Gasteiger partial charge in [0.1, 0.15) is 0 Å². The first kappa shape index (κ1) is 20.8. The lowest BCUT2D eigenvalue weighted by Crippen LogP contribution is -2.51. The van der Waals surface area contributed by atoms with Crippen molar-refractivity contribution in [2.75, 3.05) is 6.54 Å². The summed E-state index contributed by atoms with van der Waals surface area (Å²) in [5.74, 6) is -4.39. The molecule has 24 heavy (non-hydrogen) atoms. The standard InChI is InChI=1S/C15H20F2N2O3S.ClH/c1-10-13(3-2-8-18-10)19-14(20)12-6-4-11(5-7-12)9-23(21,22)15(16)17;/h4-7,10,13,15,18H,2-3,8-9H2,1H3,(H,19,20);1H. The van der Waals surface area contributed by atoms with Crippen molar-refractivity contribution in [2.24, 2.45) is 0 Å². The second kappa shape index (κ2) is 8.73. The minimum Gasteiger partial charge on any atom is -0.348 e. The van der Waals surface area contributed by atoms with Gasteiger partial charge in [-0.3, -0.25) is 4.79 Å². The number of nitrogens with one attached hydrogen (secondary N) is 2. The van der Waals surface area contributed by atoms with Crippen LogP contribution in [0.3, 0.4) is 0 Å². The molecule has 0 aliphatic carbocycles. The van der Waals surface area contributed by atoms with Crippen LogP contribution in [0, 0.1) is 0 Å². The van der Waals surface area contributed by atoms with Gasteiger partial charge in [0.05, 0.1) is 5.75 Å². The Morgan fingerprint density at radius 1 is 1.33 bits per heavy atom. The van der Waals surface area contributed by atoms with Gasteiger partial charge in [-0.1, -0.05) is 12.1 Å². The molecule has 1 fully saturated rings. The molecule has 0 aromatic heterocycles. The number of alkyl halides is 2. The topological polar surface area (TPSA) is 75.3 Å². The van der Waals surface area contributed by atoms with Crippen molar-refractivity contribution in [3.8, 4) is 0 Å². The summed E-state index contributed by atoms with van der Waals surface area (Å²) in [6.07, 6.45) is 1.88. The summed E-state index contributed by atoms with van der Waals surface area (Å²) in [4.78, 5) is 12.2. The molecule has 2 rings (SSSR count). The summed E-state index contributed by atoms with van der Waals surface area (Å²) in [5, 5.41) is 6.21. The molecule has 2 atom stereocenters. The van der Waals surface area contributed by atoms with Gasteiger partial charge >= 0.3 is 5.76 Å². The van der Waals surface area contributed by atoms with Crippen LogP contribution in [0.2, 0.25) is 0 Å². The predicted octanol–water partition coefficient (Wildman–Crippen LogP) is 2.12. The highest BCUT2D eigenvalue weighted by Gasteiger charge is 2.25. The summed E-state index contributed by atoms with van der Waals surface area (Å²) < 4.78 is 47.1. The van der Waals surface area contributed by atoms with E-state index in [1.54, 1.807) is 0 Å². The molecule has 0 bridgehead atoms. The third kappa shape index (κ3) is 5.39. The van der Waals surface area contributed by atoms with Gasteiger partial charge in [0.2, 0.25) is 9.84 Å². The fourth-order valence-corrected chi connectivity index (χ4v) is 3.32. The number of hydrogen-bond donors (Lipinski definition) is 2. The fourth-order valence-electron chi connectivity index (χ4n) is 2.54. The Balaban J connectivity index is 0.00000288. The number of benzene rings is 1. The van der Waals surface area contributed by atoms with Crippen molar-refractivity contribution in [3.63, 3.8) is 0 Å². The quantitative estimate of drug-likeness (QED) is 0.818. The molecule has 2 N–H and O–H groups in total. The Kier molecular flexibility index (Phi) is 7.56. The average Bonchev–Trinajstić information content (AvgIpc) is 2.49. The number of piperidine rings is 1. The number of halogens is 3. The minimum absolute atomic E-state index is 0. The van der Waals surface area contributed by atoms with Crippen molar-refractivity contribution in [1.29, 1.82) is 0 Å². The number of hydrogen-bond acceptors (Lipinski definition) is 4. The van der Waals surface area contributed by atoms with E-state index in [2.05, 4.69) is 10.6 Å². The highest BCUT2D eigenvalue weighted by molar-refractivity contribution is 7.90. The number of carbonyl (C=O) groups excluding carboxylic acids is 1. The van der Waals surface area contributed by atoms with Crippen LogP contribution in [0.15, 0.2) is 24.3 Å². The Bertz CT molecular complexity index is 653. The molecular weight excluding hydrogens is 362 g/mol. The lowest BCUT2D eigenvalue weighted by Gasteiger charge is -2.30. The molecule has 1 heterocycles. The highest BCUT2D eigenvalue weighted by atomic mass is 35.5. The van der Waals surface area contributed by atoms with Gasteiger partial charge in [0.25, 0.3) is 5.91 Å². The lowest BCUT2D eigenvalue weighted by molar-refractivity contribution is 0.0920. The molecule has 1 saturated heterocycles. The van der Waals surface area contributed by atoms with Crippen LogP contribution < -0.4 is 10.6 Å². The number of rotatable bonds is 5. The maximum absolute atomic E-state index is 12.3. The third-order valence-electron chi connectivity index (χ3n) is 3.93. The van der Waals surface area contributed by atoms with E-state index in [0.717, 1.165) is 19.4 Å². The normalized spacial score (nSPS) is 21.2. The molecule has 5 nitrogen and oxygen atoms in total. The molecule has 136 valence electrons. The monoisotopic (exact) mass is 382 g/mol. The van der Waals surface area contributed by atoms with E-state index in [-0.39, 0.29) is 36.0 Å². The highest BCUT2D eigenvalue weighted by Crippen LogP contribution is 2.15. The SMILES string of the molecule is CC1NCCCC1NC(=O)c1ccc(CS(=O)(=O)C(F)F)cc1.Cl. The lowest BCUT2D eigenvalue weighted by atomic mass is 9.99. The van der Waals surface area contributed by atoms with Crippen LogP contribution in [-0.4, -0.2) is 38.7 Å². The summed E-state index contributed by atoms with van der Waals surface area (Å²) in [6, 6.07) is 5.90. The predicted molar refractivity (Wildman–Crippen MR) is 90.3 cm³/mol.